The smallest absolute Gasteiger partial charge is 0.269 e. The van der Waals surface area contributed by atoms with Crippen LogP contribution in [-0.4, -0.2) is 15.4 Å². The molecule has 1 N–H and O–H groups in total. The molecular formula is C19H13Cl2N3O4. The van der Waals surface area contributed by atoms with Gasteiger partial charge in [0.15, 0.2) is 0 Å². The Labute approximate surface area is 169 Å². The number of pyridine rings is 1. The Bertz CT molecular complexity index is 1130. The van der Waals surface area contributed by atoms with Crippen LogP contribution < -0.4 is 10.9 Å². The van der Waals surface area contributed by atoms with Gasteiger partial charge in [-0.25, -0.2) is 0 Å². The summed E-state index contributed by atoms with van der Waals surface area (Å²) in [6, 6.07) is 13.5. The van der Waals surface area contributed by atoms with Crippen LogP contribution in [0, 0.1) is 10.1 Å². The Morgan fingerprint density at radius 1 is 1.11 bits per heavy atom. The number of carbonyl (C=O) groups is 1. The molecule has 0 aliphatic rings. The third kappa shape index (κ3) is 4.39. The van der Waals surface area contributed by atoms with Crippen molar-refractivity contribution in [2.45, 2.75) is 6.54 Å². The van der Waals surface area contributed by atoms with Crippen LogP contribution in [0.5, 0.6) is 0 Å². The third-order valence-electron chi connectivity index (χ3n) is 3.92. The summed E-state index contributed by atoms with van der Waals surface area (Å²) in [5.74, 6) is -0.637. The second kappa shape index (κ2) is 8.24. The van der Waals surface area contributed by atoms with Crippen LogP contribution in [0.1, 0.15) is 15.9 Å². The molecule has 0 atom stereocenters. The molecule has 1 aromatic heterocycles. The highest BCUT2D eigenvalue weighted by Crippen LogP contribution is 2.25. The van der Waals surface area contributed by atoms with Gasteiger partial charge in [-0.1, -0.05) is 35.3 Å². The maximum atomic E-state index is 12.7. The Hall–Kier alpha value is -3.16. The molecule has 0 spiro atoms. The normalized spacial score (nSPS) is 10.5. The van der Waals surface area contributed by atoms with Crippen molar-refractivity contribution in [2.75, 3.05) is 5.32 Å². The SMILES string of the molecule is O=C(Nc1cc(Cl)ccc1Cl)c1cccn(Cc2cccc([N+](=O)[O-])c2)c1=O. The van der Waals surface area contributed by atoms with Crippen molar-refractivity contribution < 1.29 is 9.72 Å². The van der Waals surface area contributed by atoms with Crippen molar-refractivity contribution in [1.82, 2.24) is 4.57 Å². The molecule has 3 aromatic rings. The van der Waals surface area contributed by atoms with Crippen LogP contribution in [-0.2, 0) is 6.54 Å². The van der Waals surface area contributed by atoms with Crippen LogP contribution in [0.4, 0.5) is 11.4 Å². The number of hydrogen-bond acceptors (Lipinski definition) is 4. The number of nitro groups is 1. The molecule has 0 saturated heterocycles. The van der Waals surface area contributed by atoms with E-state index in [1.165, 1.54) is 47.2 Å². The minimum Gasteiger partial charge on any atom is -0.320 e. The lowest BCUT2D eigenvalue weighted by molar-refractivity contribution is -0.384. The van der Waals surface area contributed by atoms with E-state index in [9.17, 15) is 19.7 Å². The van der Waals surface area contributed by atoms with Gasteiger partial charge in [0.25, 0.3) is 17.2 Å². The van der Waals surface area contributed by atoms with Crippen LogP contribution in [0.25, 0.3) is 0 Å². The summed E-state index contributed by atoms with van der Waals surface area (Å²) < 4.78 is 1.30. The minimum atomic E-state index is -0.637. The van der Waals surface area contributed by atoms with Gasteiger partial charge in [-0.3, -0.25) is 19.7 Å². The fourth-order valence-corrected chi connectivity index (χ4v) is 2.92. The molecule has 142 valence electrons. The zero-order chi connectivity index (χ0) is 20.3. The number of nitro benzene ring substituents is 1. The van der Waals surface area contributed by atoms with Crippen molar-refractivity contribution in [3.05, 3.63) is 102 Å². The number of non-ortho nitro benzene ring substituents is 1. The first-order valence-electron chi connectivity index (χ1n) is 8.04. The van der Waals surface area contributed by atoms with Gasteiger partial charge in [0.1, 0.15) is 5.56 Å². The predicted molar refractivity (Wildman–Crippen MR) is 107 cm³/mol. The van der Waals surface area contributed by atoms with E-state index in [1.807, 2.05) is 0 Å². The molecule has 1 amide bonds. The molecule has 7 nitrogen and oxygen atoms in total. The van der Waals surface area contributed by atoms with Crippen molar-refractivity contribution in [1.29, 1.82) is 0 Å². The molecule has 0 bridgehead atoms. The van der Waals surface area contributed by atoms with Crippen LogP contribution >= 0.6 is 23.2 Å². The maximum Gasteiger partial charge on any atom is 0.269 e. The number of hydrogen-bond donors (Lipinski definition) is 1. The Balaban J connectivity index is 1.87. The highest BCUT2D eigenvalue weighted by atomic mass is 35.5. The lowest BCUT2D eigenvalue weighted by atomic mass is 10.2. The molecule has 0 unspecified atom stereocenters. The van der Waals surface area contributed by atoms with E-state index in [-0.39, 0.29) is 28.5 Å². The Morgan fingerprint density at radius 3 is 2.64 bits per heavy atom. The maximum absolute atomic E-state index is 12.7. The zero-order valence-electron chi connectivity index (χ0n) is 14.3. The third-order valence-corrected chi connectivity index (χ3v) is 4.48. The summed E-state index contributed by atoms with van der Waals surface area (Å²) in [6.07, 6.45) is 1.50. The van der Waals surface area contributed by atoms with E-state index in [0.29, 0.717) is 10.6 Å². The fraction of sp³-hybridized carbons (Fsp3) is 0.0526. The molecule has 3 rings (SSSR count). The van der Waals surface area contributed by atoms with Gasteiger partial charge < -0.3 is 9.88 Å². The number of aromatic nitrogens is 1. The van der Waals surface area contributed by atoms with Crippen molar-refractivity contribution >= 4 is 40.5 Å². The summed E-state index contributed by atoms with van der Waals surface area (Å²) >= 11 is 11.9. The number of nitrogens with one attached hydrogen (secondary N) is 1. The molecule has 28 heavy (non-hydrogen) atoms. The molecule has 0 aliphatic heterocycles. The summed E-state index contributed by atoms with van der Waals surface area (Å²) in [5.41, 5.74) is 0.142. The summed E-state index contributed by atoms with van der Waals surface area (Å²) in [4.78, 5) is 35.6. The standard InChI is InChI=1S/C19H13Cl2N3O4/c20-13-6-7-16(21)17(10-13)22-18(25)15-5-2-8-23(19(15)26)11-12-3-1-4-14(9-12)24(27)28/h1-10H,11H2,(H,22,25). The van der Waals surface area contributed by atoms with Gasteiger partial charge in [0.05, 0.1) is 22.2 Å². The van der Waals surface area contributed by atoms with Gasteiger partial charge >= 0.3 is 0 Å². The van der Waals surface area contributed by atoms with Gasteiger partial charge in [0, 0.05) is 23.4 Å². The number of rotatable bonds is 5. The lowest BCUT2D eigenvalue weighted by Crippen LogP contribution is -2.29. The average Bonchev–Trinajstić information content (AvgIpc) is 2.66. The van der Waals surface area contributed by atoms with E-state index < -0.39 is 16.4 Å². The quantitative estimate of drug-likeness (QED) is 0.492. The molecule has 2 aromatic carbocycles. The molecule has 0 aliphatic carbocycles. The van der Waals surface area contributed by atoms with E-state index >= 15 is 0 Å². The largest absolute Gasteiger partial charge is 0.320 e. The molecule has 1 heterocycles. The van der Waals surface area contributed by atoms with E-state index in [0.717, 1.165) is 0 Å². The van der Waals surface area contributed by atoms with Crippen molar-refractivity contribution in [3.8, 4) is 0 Å². The van der Waals surface area contributed by atoms with E-state index in [2.05, 4.69) is 5.32 Å². The van der Waals surface area contributed by atoms with Gasteiger partial charge in [0.2, 0.25) is 0 Å². The van der Waals surface area contributed by atoms with Crippen LogP contribution in [0.2, 0.25) is 10.0 Å². The zero-order valence-corrected chi connectivity index (χ0v) is 15.8. The first kappa shape index (κ1) is 19.6. The molecule has 9 heteroatoms. The van der Waals surface area contributed by atoms with Crippen molar-refractivity contribution in [2.24, 2.45) is 0 Å². The van der Waals surface area contributed by atoms with Crippen LogP contribution in [0.3, 0.4) is 0 Å². The lowest BCUT2D eigenvalue weighted by Gasteiger charge is -2.10. The summed E-state index contributed by atoms with van der Waals surface area (Å²) in [6.45, 7) is 0.0829. The summed E-state index contributed by atoms with van der Waals surface area (Å²) in [7, 11) is 0. The monoisotopic (exact) mass is 417 g/mol. The topological polar surface area (TPSA) is 94.2 Å². The average molecular weight is 418 g/mol. The van der Waals surface area contributed by atoms with Gasteiger partial charge in [-0.2, -0.15) is 0 Å². The molecular weight excluding hydrogens is 405 g/mol. The first-order chi connectivity index (χ1) is 13.3. The van der Waals surface area contributed by atoms with E-state index in [4.69, 9.17) is 23.2 Å². The second-order valence-electron chi connectivity index (χ2n) is 5.86. The first-order valence-corrected chi connectivity index (χ1v) is 8.80. The Kier molecular flexibility index (Phi) is 5.77. The fourth-order valence-electron chi connectivity index (χ4n) is 2.58. The Morgan fingerprint density at radius 2 is 1.89 bits per heavy atom. The minimum absolute atomic E-state index is 0.0740. The van der Waals surface area contributed by atoms with E-state index in [1.54, 1.807) is 18.2 Å². The predicted octanol–water partition coefficient (Wildman–Crippen LogP) is 4.36. The van der Waals surface area contributed by atoms with Crippen molar-refractivity contribution in [3.63, 3.8) is 0 Å². The number of anilines is 1. The van der Waals surface area contributed by atoms with Gasteiger partial charge in [-0.05, 0) is 35.9 Å². The molecule has 0 saturated carbocycles. The highest BCUT2D eigenvalue weighted by Gasteiger charge is 2.15. The highest BCUT2D eigenvalue weighted by molar-refractivity contribution is 6.35. The molecule has 0 radical (unpaired) electrons. The summed E-state index contributed by atoms with van der Waals surface area (Å²) in [5, 5.41) is 14.1. The number of halogens is 2. The number of benzene rings is 2. The second-order valence-corrected chi connectivity index (χ2v) is 6.70. The van der Waals surface area contributed by atoms with Gasteiger partial charge in [-0.15, -0.1) is 0 Å². The number of amides is 1. The molecule has 0 fully saturated rings. The number of carbonyl (C=O) groups excluding carboxylic acids is 1. The number of nitrogens with zero attached hydrogens (tertiary/aromatic N) is 2. The van der Waals surface area contributed by atoms with Crippen LogP contribution in [0.15, 0.2) is 65.6 Å².